The molecule has 3 rings (SSSR count). The second kappa shape index (κ2) is 5.59. The number of rotatable bonds is 4. The van der Waals surface area contributed by atoms with E-state index in [0.29, 0.717) is 11.3 Å². The van der Waals surface area contributed by atoms with Crippen LogP contribution in [0.25, 0.3) is 10.9 Å². The largest absolute Gasteiger partial charge is 0.463 e. The lowest BCUT2D eigenvalue weighted by atomic mass is 10.0. The Bertz CT molecular complexity index is 858. The molecular formula is C18H20N2O3. The highest BCUT2D eigenvalue weighted by atomic mass is 16.4. The standard InChI is InChI=1S/C18H20N2O3/c1-12-7-8-16(23-12)18(2,22)11-19-17(21)14-5-4-6-15-13(14)9-10-20(15)3/h4-10,22H,11H2,1-3H3,(H,19,21). The van der Waals surface area contributed by atoms with Gasteiger partial charge in [-0.15, -0.1) is 0 Å². The molecule has 120 valence electrons. The number of nitrogens with one attached hydrogen (secondary N) is 1. The van der Waals surface area contributed by atoms with Crippen molar-refractivity contribution in [3.8, 4) is 0 Å². The van der Waals surface area contributed by atoms with Gasteiger partial charge in [-0.25, -0.2) is 0 Å². The molecule has 5 heteroatoms. The van der Waals surface area contributed by atoms with Crippen molar-refractivity contribution in [3.05, 3.63) is 59.7 Å². The first-order valence-corrected chi connectivity index (χ1v) is 7.50. The number of carbonyl (C=O) groups excluding carboxylic acids is 1. The van der Waals surface area contributed by atoms with Gasteiger partial charge in [0.1, 0.15) is 17.1 Å². The third-order valence-electron chi connectivity index (χ3n) is 4.04. The first-order valence-electron chi connectivity index (χ1n) is 7.50. The molecule has 0 radical (unpaired) electrons. The summed E-state index contributed by atoms with van der Waals surface area (Å²) in [6.45, 7) is 3.50. The molecule has 0 spiro atoms. The molecule has 23 heavy (non-hydrogen) atoms. The summed E-state index contributed by atoms with van der Waals surface area (Å²) in [5, 5.41) is 14.2. The number of amides is 1. The van der Waals surface area contributed by atoms with E-state index in [1.807, 2.05) is 42.9 Å². The molecule has 3 aromatic rings. The van der Waals surface area contributed by atoms with E-state index in [1.165, 1.54) is 0 Å². The van der Waals surface area contributed by atoms with Gasteiger partial charge in [-0.2, -0.15) is 0 Å². The minimum Gasteiger partial charge on any atom is -0.463 e. The highest BCUT2D eigenvalue weighted by molar-refractivity contribution is 6.06. The number of aliphatic hydroxyl groups is 1. The monoisotopic (exact) mass is 312 g/mol. The van der Waals surface area contributed by atoms with Crippen LogP contribution in [0.4, 0.5) is 0 Å². The van der Waals surface area contributed by atoms with Crippen LogP contribution in [0.5, 0.6) is 0 Å². The van der Waals surface area contributed by atoms with Crippen LogP contribution < -0.4 is 5.32 Å². The van der Waals surface area contributed by atoms with Gasteiger partial charge in [0.15, 0.2) is 0 Å². The number of aromatic nitrogens is 1. The van der Waals surface area contributed by atoms with E-state index in [0.717, 1.165) is 16.7 Å². The molecule has 0 aliphatic rings. The zero-order valence-electron chi connectivity index (χ0n) is 13.5. The lowest BCUT2D eigenvalue weighted by molar-refractivity contribution is 0.0323. The third kappa shape index (κ3) is 2.87. The Balaban J connectivity index is 1.79. The van der Waals surface area contributed by atoms with Gasteiger partial charge >= 0.3 is 0 Å². The average molecular weight is 312 g/mol. The van der Waals surface area contributed by atoms with Gasteiger partial charge < -0.3 is 19.4 Å². The van der Waals surface area contributed by atoms with Crippen LogP contribution in [0.3, 0.4) is 0 Å². The van der Waals surface area contributed by atoms with Crippen LogP contribution in [0, 0.1) is 6.92 Å². The predicted molar refractivity (Wildman–Crippen MR) is 88.3 cm³/mol. The van der Waals surface area contributed by atoms with Crippen molar-refractivity contribution >= 4 is 16.8 Å². The summed E-state index contributed by atoms with van der Waals surface area (Å²) in [6, 6.07) is 11.0. The highest BCUT2D eigenvalue weighted by Crippen LogP contribution is 2.23. The van der Waals surface area contributed by atoms with Gasteiger partial charge in [-0.3, -0.25) is 4.79 Å². The van der Waals surface area contributed by atoms with Crippen molar-refractivity contribution in [2.24, 2.45) is 7.05 Å². The van der Waals surface area contributed by atoms with Crippen LogP contribution in [0.2, 0.25) is 0 Å². The topological polar surface area (TPSA) is 67.4 Å². The quantitative estimate of drug-likeness (QED) is 0.778. The van der Waals surface area contributed by atoms with E-state index < -0.39 is 5.60 Å². The van der Waals surface area contributed by atoms with E-state index in [9.17, 15) is 9.90 Å². The van der Waals surface area contributed by atoms with Crippen LogP contribution in [0.15, 0.2) is 47.0 Å². The van der Waals surface area contributed by atoms with E-state index in [1.54, 1.807) is 25.1 Å². The maximum Gasteiger partial charge on any atom is 0.252 e. The summed E-state index contributed by atoms with van der Waals surface area (Å²) in [6.07, 6.45) is 1.92. The third-order valence-corrected chi connectivity index (χ3v) is 4.04. The fourth-order valence-electron chi connectivity index (χ4n) is 2.66. The van der Waals surface area contributed by atoms with Crippen LogP contribution in [-0.2, 0) is 12.6 Å². The Kier molecular flexibility index (Phi) is 3.74. The van der Waals surface area contributed by atoms with Gasteiger partial charge in [0, 0.05) is 29.7 Å². The molecule has 2 aromatic heterocycles. The molecular weight excluding hydrogens is 292 g/mol. The first kappa shape index (κ1) is 15.4. The second-order valence-electron chi connectivity index (χ2n) is 6.03. The Hall–Kier alpha value is -2.53. The summed E-state index contributed by atoms with van der Waals surface area (Å²) in [5.41, 5.74) is 0.328. The zero-order valence-corrected chi connectivity index (χ0v) is 13.5. The molecule has 2 N–H and O–H groups in total. The molecule has 0 bridgehead atoms. The second-order valence-corrected chi connectivity index (χ2v) is 6.03. The number of hydrogen-bond acceptors (Lipinski definition) is 3. The molecule has 2 heterocycles. The summed E-state index contributed by atoms with van der Waals surface area (Å²) in [5.74, 6) is 0.944. The molecule has 5 nitrogen and oxygen atoms in total. The predicted octanol–water partition coefficient (Wildman–Crippen LogP) is 2.72. The number of fused-ring (bicyclic) bond motifs is 1. The molecule has 1 amide bonds. The smallest absolute Gasteiger partial charge is 0.252 e. The highest BCUT2D eigenvalue weighted by Gasteiger charge is 2.27. The van der Waals surface area contributed by atoms with Crippen molar-refractivity contribution in [1.29, 1.82) is 0 Å². The molecule has 0 saturated heterocycles. The molecule has 1 aromatic carbocycles. The lowest BCUT2D eigenvalue weighted by Crippen LogP contribution is -2.38. The normalized spacial score (nSPS) is 13.9. The number of furan rings is 1. The van der Waals surface area contributed by atoms with E-state index in [2.05, 4.69) is 5.32 Å². The van der Waals surface area contributed by atoms with E-state index in [-0.39, 0.29) is 12.5 Å². The number of benzene rings is 1. The Morgan fingerprint density at radius 1 is 1.30 bits per heavy atom. The van der Waals surface area contributed by atoms with E-state index in [4.69, 9.17) is 4.42 Å². The molecule has 0 fully saturated rings. The fourth-order valence-corrected chi connectivity index (χ4v) is 2.66. The number of hydrogen-bond donors (Lipinski definition) is 2. The minimum atomic E-state index is -1.26. The Morgan fingerprint density at radius 2 is 2.09 bits per heavy atom. The van der Waals surface area contributed by atoms with Gasteiger partial charge in [0.2, 0.25) is 0 Å². The van der Waals surface area contributed by atoms with Crippen LogP contribution in [0.1, 0.15) is 28.8 Å². The molecule has 1 atom stereocenters. The maximum absolute atomic E-state index is 12.5. The number of aryl methyl sites for hydroxylation is 2. The van der Waals surface area contributed by atoms with E-state index >= 15 is 0 Å². The Morgan fingerprint density at radius 3 is 2.78 bits per heavy atom. The zero-order chi connectivity index (χ0) is 16.6. The maximum atomic E-state index is 12.5. The number of nitrogens with zero attached hydrogens (tertiary/aromatic N) is 1. The van der Waals surface area contributed by atoms with Crippen molar-refractivity contribution in [3.63, 3.8) is 0 Å². The summed E-state index contributed by atoms with van der Waals surface area (Å²) in [4.78, 5) is 12.5. The van der Waals surface area contributed by atoms with Crippen molar-refractivity contribution in [2.75, 3.05) is 6.54 Å². The van der Waals surface area contributed by atoms with Crippen molar-refractivity contribution in [2.45, 2.75) is 19.4 Å². The van der Waals surface area contributed by atoms with Crippen molar-refractivity contribution in [1.82, 2.24) is 9.88 Å². The fraction of sp³-hybridized carbons (Fsp3) is 0.278. The summed E-state index contributed by atoms with van der Waals surface area (Å²) >= 11 is 0. The van der Waals surface area contributed by atoms with Crippen LogP contribution in [-0.4, -0.2) is 22.1 Å². The van der Waals surface area contributed by atoms with Crippen molar-refractivity contribution < 1.29 is 14.3 Å². The molecule has 1 unspecified atom stereocenters. The molecule has 0 aliphatic carbocycles. The molecule has 0 saturated carbocycles. The van der Waals surface area contributed by atoms with Gasteiger partial charge in [0.05, 0.1) is 6.54 Å². The van der Waals surface area contributed by atoms with Crippen LogP contribution >= 0.6 is 0 Å². The van der Waals surface area contributed by atoms with Gasteiger partial charge in [0.25, 0.3) is 5.91 Å². The minimum absolute atomic E-state index is 0.0714. The lowest BCUT2D eigenvalue weighted by Gasteiger charge is -2.21. The first-order chi connectivity index (χ1) is 10.9. The summed E-state index contributed by atoms with van der Waals surface area (Å²) < 4.78 is 7.42. The number of carbonyl (C=O) groups is 1. The molecule has 0 aliphatic heterocycles. The average Bonchev–Trinajstić information content (AvgIpc) is 3.12. The van der Waals surface area contributed by atoms with Gasteiger partial charge in [-0.1, -0.05) is 6.07 Å². The SMILES string of the molecule is Cc1ccc(C(C)(O)CNC(=O)c2cccc3c2ccn3C)o1. The summed E-state index contributed by atoms with van der Waals surface area (Å²) in [7, 11) is 1.94. The Labute approximate surface area is 134 Å². The van der Waals surface area contributed by atoms with Gasteiger partial charge in [-0.05, 0) is 44.2 Å².